The molecule has 0 spiro atoms. The molecule has 0 aromatic heterocycles. The van der Waals surface area contributed by atoms with E-state index < -0.39 is 0 Å². The molecule has 0 bridgehead atoms. The zero-order valence-corrected chi connectivity index (χ0v) is 16.2. The number of hydrogen-bond acceptors (Lipinski definition) is 0. The summed E-state index contributed by atoms with van der Waals surface area (Å²) in [7, 11) is 0. The molecule has 0 nitrogen and oxygen atoms in total. The molecular formula is C21H16Br2. The fraction of sp³-hybridized carbons (Fsp3) is 0.143. The van der Waals surface area contributed by atoms with Crippen LogP contribution in [0.15, 0.2) is 63.5 Å². The Kier molecular flexibility index (Phi) is 3.70. The lowest BCUT2D eigenvalue weighted by atomic mass is 9.94. The lowest BCUT2D eigenvalue weighted by Gasteiger charge is -2.13. The van der Waals surface area contributed by atoms with E-state index in [4.69, 9.17) is 0 Å². The maximum atomic E-state index is 3.77. The maximum Gasteiger partial charge on any atom is 0.0260 e. The summed E-state index contributed by atoms with van der Waals surface area (Å²) in [5.74, 6) is 0.525. The van der Waals surface area contributed by atoms with E-state index in [-0.39, 0.29) is 0 Å². The zero-order valence-electron chi connectivity index (χ0n) is 13.0. The van der Waals surface area contributed by atoms with Crippen molar-refractivity contribution in [2.24, 2.45) is 0 Å². The van der Waals surface area contributed by atoms with Crippen LogP contribution in [0.1, 0.15) is 25.3 Å². The molecule has 0 saturated carbocycles. The summed E-state index contributed by atoms with van der Waals surface area (Å²) in [5, 5.41) is 7.72. The van der Waals surface area contributed by atoms with Gasteiger partial charge in [-0.15, -0.1) is 0 Å². The van der Waals surface area contributed by atoms with Crippen LogP contribution < -0.4 is 0 Å². The molecule has 0 aliphatic carbocycles. The standard InChI is InChI=1S/C21H16Br2/c1-12(2)13-7-8-16-17(9-13)19-11-20(22)15-6-4-3-5-14(15)18(19)10-21(16)23/h3-12H,1-2H3. The van der Waals surface area contributed by atoms with Crippen LogP contribution in [-0.2, 0) is 0 Å². The van der Waals surface area contributed by atoms with Crippen LogP contribution >= 0.6 is 31.9 Å². The van der Waals surface area contributed by atoms with Crippen molar-refractivity contribution in [1.82, 2.24) is 0 Å². The molecule has 4 rings (SSSR count). The monoisotopic (exact) mass is 426 g/mol. The van der Waals surface area contributed by atoms with Gasteiger partial charge in [0.25, 0.3) is 0 Å². The third-order valence-electron chi connectivity index (χ3n) is 4.56. The van der Waals surface area contributed by atoms with Crippen molar-refractivity contribution in [3.8, 4) is 0 Å². The molecule has 0 amide bonds. The third kappa shape index (κ3) is 2.40. The minimum atomic E-state index is 0.525. The van der Waals surface area contributed by atoms with E-state index in [1.807, 2.05) is 0 Å². The van der Waals surface area contributed by atoms with Gasteiger partial charge in [0.1, 0.15) is 0 Å². The normalized spacial score (nSPS) is 11.9. The molecule has 4 aromatic rings. The molecule has 0 unspecified atom stereocenters. The highest BCUT2D eigenvalue weighted by atomic mass is 79.9. The Morgan fingerprint density at radius 1 is 0.609 bits per heavy atom. The van der Waals surface area contributed by atoms with Crippen molar-refractivity contribution in [3.05, 3.63) is 69.1 Å². The van der Waals surface area contributed by atoms with Gasteiger partial charge in [-0.25, -0.2) is 0 Å². The van der Waals surface area contributed by atoms with Gasteiger partial charge >= 0.3 is 0 Å². The number of halogens is 2. The molecule has 0 atom stereocenters. The first-order valence-corrected chi connectivity index (χ1v) is 9.38. The van der Waals surface area contributed by atoms with Gasteiger partial charge in [0.2, 0.25) is 0 Å². The van der Waals surface area contributed by atoms with Crippen LogP contribution in [-0.4, -0.2) is 0 Å². The minimum absolute atomic E-state index is 0.525. The van der Waals surface area contributed by atoms with Gasteiger partial charge in [0.05, 0.1) is 0 Å². The first-order chi connectivity index (χ1) is 11.1. The predicted molar refractivity (Wildman–Crippen MR) is 108 cm³/mol. The Hall–Kier alpha value is -1.38. The highest BCUT2D eigenvalue weighted by molar-refractivity contribution is 9.11. The predicted octanol–water partition coefficient (Wildman–Crippen LogP) is 7.79. The molecule has 0 N–H and O–H groups in total. The summed E-state index contributed by atoms with van der Waals surface area (Å²) in [6.07, 6.45) is 0. The van der Waals surface area contributed by atoms with Crippen LogP contribution in [0.25, 0.3) is 32.3 Å². The van der Waals surface area contributed by atoms with Crippen LogP contribution in [0.4, 0.5) is 0 Å². The number of benzene rings is 4. The number of rotatable bonds is 1. The smallest absolute Gasteiger partial charge is 0.0260 e. The van der Waals surface area contributed by atoms with Crippen LogP contribution in [0, 0.1) is 0 Å². The summed E-state index contributed by atoms with van der Waals surface area (Å²) in [5.41, 5.74) is 1.38. The van der Waals surface area contributed by atoms with Crippen molar-refractivity contribution in [1.29, 1.82) is 0 Å². The van der Waals surface area contributed by atoms with Crippen LogP contribution in [0.2, 0.25) is 0 Å². The second-order valence-corrected chi connectivity index (χ2v) is 8.03. The molecule has 0 heterocycles. The zero-order chi connectivity index (χ0) is 16.1. The molecule has 23 heavy (non-hydrogen) atoms. The Labute approximate surface area is 152 Å². The Morgan fingerprint density at radius 2 is 1.13 bits per heavy atom. The number of hydrogen-bond donors (Lipinski definition) is 0. The van der Waals surface area contributed by atoms with E-state index in [1.54, 1.807) is 0 Å². The van der Waals surface area contributed by atoms with Gasteiger partial charge in [-0.05, 0) is 55.9 Å². The molecule has 0 fully saturated rings. The lowest BCUT2D eigenvalue weighted by molar-refractivity contribution is 0.869. The number of fused-ring (bicyclic) bond motifs is 5. The molecule has 0 saturated heterocycles. The van der Waals surface area contributed by atoms with Crippen molar-refractivity contribution in [3.63, 3.8) is 0 Å². The second kappa shape index (κ2) is 5.61. The summed E-state index contributed by atoms with van der Waals surface area (Å²) < 4.78 is 2.31. The first-order valence-electron chi connectivity index (χ1n) is 7.79. The average Bonchev–Trinajstić information content (AvgIpc) is 2.56. The fourth-order valence-electron chi connectivity index (χ4n) is 3.29. The van der Waals surface area contributed by atoms with E-state index in [9.17, 15) is 0 Å². The summed E-state index contributed by atoms with van der Waals surface area (Å²) >= 11 is 7.53. The Bertz CT molecular complexity index is 1060. The topological polar surface area (TPSA) is 0 Å². The van der Waals surface area contributed by atoms with E-state index >= 15 is 0 Å². The maximum absolute atomic E-state index is 3.77. The molecular weight excluding hydrogens is 412 g/mol. The lowest BCUT2D eigenvalue weighted by Crippen LogP contribution is -1.89. The van der Waals surface area contributed by atoms with E-state index in [0.717, 1.165) is 8.95 Å². The summed E-state index contributed by atoms with van der Waals surface area (Å²) in [4.78, 5) is 0. The van der Waals surface area contributed by atoms with Crippen molar-refractivity contribution in [2.45, 2.75) is 19.8 Å². The minimum Gasteiger partial charge on any atom is -0.0616 e. The molecule has 114 valence electrons. The summed E-state index contributed by atoms with van der Waals surface area (Å²) in [6.45, 7) is 4.49. The fourth-order valence-corrected chi connectivity index (χ4v) is 4.44. The average molecular weight is 428 g/mol. The molecule has 0 radical (unpaired) electrons. The van der Waals surface area contributed by atoms with E-state index in [0.29, 0.717) is 5.92 Å². The quantitative estimate of drug-likeness (QED) is 0.272. The van der Waals surface area contributed by atoms with Crippen LogP contribution in [0.3, 0.4) is 0 Å². The van der Waals surface area contributed by atoms with Crippen molar-refractivity contribution >= 4 is 64.2 Å². The Balaban J connectivity index is 2.26. The van der Waals surface area contributed by atoms with Crippen molar-refractivity contribution < 1.29 is 0 Å². The molecule has 0 aliphatic heterocycles. The van der Waals surface area contributed by atoms with Gasteiger partial charge < -0.3 is 0 Å². The first kappa shape index (κ1) is 15.2. The molecule has 2 heteroatoms. The van der Waals surface area contributed by atoms with Gasteiger partial charge in [-0.1, -0.05) is 88.2 Å². The van der Waals surface area contributed by atoms with Gasteiger partial charge in [-0.2, -0.15) is 0 Å². The Morgan fingerprint density at radius 3 is 1.78 bits per heavy atom. The van der Waals surface area contributed by atoms with Gasteiger partial charge in [0, 0.05) is 8.95 Å². The van der Waals surface area contributed by atoms with Crippen LogP contribution in [0.5, 0.6) is 0 Å². The SMILES string of the molecule is CC(C)c1ccc2c(Br)cc3c4ccccc4c(Br)cc3c2c1. The van der Waals surface area contributed by atoms with E-state index in [1.165, 1.54) is 37.9 Å². The molecule has 4 aromatic carbocycles. The highest BCUT2D eigenvalue weighted by Gasteiger charge is 2.11. The van der Waals surface area contributed by atoms with Crippen molar-refractivity contribution in [2.75, 3.05) is 0 Å². The molecule has 0 aliphatic rings. The second-order valence-electron chi connectivity index (χ2n) is 6.32. The van der Waals surface area contributed by atoms with E-state index in [2.05, 4.69) is 100 Å². The largest absolute Gasteiger partial charge is 0.0616 e. The van der Waals surface area contributed by atoms with Gasteiger partial charge in [-0.3, -0.25) is 0 Å². The highest BCUT2D eigenvalue weighted by Crippen LogP contribution is 2.39. The van der Waals surface area contributed by atoms with Gasteiger partial charge in [0.15, 0.2) is 0 Å². The third-order valence-corrected chi connectivity index (χ3v) is 5.88. The summed E-state index contributed by atoms with van der Waals surface area (Å²) in [6, 6.07) is 19.9.